The molecule has 1 rings (SSSR count). The minimum Gasteiger partial charge on any atom is -0.400 e. The van der Waals surface area contributed by atoms with Crippen molar-refractivity contribution < 1.29 is 9.90 Å². The average molecular weight is 627 g/mol. The maximum absolute atomic E-state index is 10.8. The van der Waals surface area contributed by atoms with Gasteiger partial charge in [0.15, 0.2) is 0 Å². The molecule has 0 unspecified atom stereocenters. The highest BCUT2D eigenvalue weighted by Crippen LogP contribution is 2.16. The van der Waals surface area contributed by atoms with Crippen molar-refractivity contribution >= 4 is 35.2 Å². The largest absolute Gasteiger partial charge is 0.400 e. The number of benzene rings is 1. The van der Waals surface area contributed by atoms with Crippen LogP contribution in [0.15, 0.2) is 69.9 Å². The van der Waals surface area contributed by atoms with Gasteiger partial charge >= 0.3 is 0 Å². The quantitative estimate of drug-likeness (QED) is 0.122. The standard InChI is InChI=1S/C15H20ClNO.C9H11Cl.3C4H10.CH4O/c1-6-13(9-14(16)7-2)12(5)17-15(8-3)11(4)10-18;1-3-8-6-9(10)5-4-7(8)2;3*1-3-4-2;1-2/h6-7,9-10H,2,8H2,1,3-5H3;4-6H,3H2,1-2H3;3*3-4H2,1-2H3;2H,1H3/b13-6+,14-9+,15-11+,17-12+;;;;;. The molecule has 0 spiro atoms. The van der Waals surface area contributed by atoms with E-state index in [2.05, 4.69) is 73.0 Å². The van der Waals surface area contributed by atoms with Gasteiger partial charge < -0.3 is 5.11 Å². The molecule has 0 heterocycles. The highest BCUT2D eigenvalue weighted by atomic mass is 35.5. The number of unbranched alkanes of at least 4 members (excludes halogenated alkanes) is 3. The molecule has 0 aromatic heterocycles. The maximum atomic E-state index is 10.8. The molecule has 0 atom stereocenters. The number of aliphatic imine (C=N–C) groups is 1. The van der Waals surface area contributed by atoms with Crippen molar-refractivity contribution in [2.75, 3.05) is 7.11 Å². The van der Waals surface area contributed by atoms with Gasteiger partial charge in [0.25, 0.3) is 0 Å². The van der Waals surface area contributed by atoms with Crippen molar-refractivity contribution in [3.05, 3.63) is 81.0 Å². The zero-order chi connectivity index (χ0) is 33.9. The summed E-state index contributed by atoms with van der Waals surface area (Å²) in [6.07, 6.45) is 15.8. The smallest absolute Gasteiger partial charge is 0.147 e. The van der Waals surface area contributed by atoms with Gasteiger partial charge in [-0.15, -0.1) is 0 Å². The molecule has 1 aromatic carbocycles. The minimum atomic E-state index is 0.562. The first-order chi connectivity index (χ1) is 20.0. The lowest BCUT2D eigenvalue weighted by Crippen LogP contribution is -1.98. The molecule has 3 nitrogen and oxygen atoms in total. The number of aryl methyl sites for hydroxylation is 2. The number of allylic oxidation sites excluding steroid dienone is 7. The number of carbonyl (C=O) groups is 1. The fourth-order valence-electron chi connectivity index (χ4n) is 2.41. The van der Waals surface area contributed by atoms with Gasteiger partial charge in [0.05, 0.1) is 0 Å². The van der Waals surface area contributed by atoms with Gasteiger partial charge in [0.1, 0.15) is 6.29 Å². The maximum Gasteiger partial charge on any atom is 0.147 e. The van der Waals surface area contributed by atoms with Crippen LogP contribution in [0.2, 0.25) is 5.02 Å². The topological polar surface area (TPSA) is 49.7 Å². The molecule has 0 bridgehead atoms. The molecule has 42 heavy (non-hydrogen) atoms. The van der Waals surface area contributed by atoms with Crippen LogP contribution in [0.3, 0.4) is 0 Å². The summed E-state index contributed by atoms with van der Waals surface area (Å²) in [5.74, 6) is 0. The number of rotatable bonds is 10. The zero-order valence-electron chi connectivity index (χ0n) is 29.5. The third-order valence-electron chi connectivity index (χ3n) is 5.68. The first-order valence-electron chi connectivity index (χ1n) is 15.5. The summed E-state index contributed by atoms with van der Waals surface area (Å²) in [6, 6.07) is 6.01. The van der Waals surface area contributed by atoms with E-state index in [9.17, 15) is 4.79 Å². The number of nitrogens with zero attached hydrogens (tertiary/aromatic N) is 1. The van der Waals surface area contributed by atoms with Crippen LogP contribution in [-0.2, 0) is 11.2 Å². The summed E-state index contributed by atoms with van der Waals surface area (Å²) in [5.41, 5.74) is 5.87. The summed E-state index contributed by atoms with van der Waals surface area (Å²) in [5, 5.41) is 8.40. The Labute approximate surface area is 271 Å². The van der Waals surface area contributed by atoms with Crippen LogP contribution in [0.25, 0.3) is 0 Å². The Kier molecular flexibility index (Phi) is 46.2. The van der Waals surface area contributed by atoms with Gasteiger partial charge in [0, 0.05) is 34.1 Å². The first kappa shape index (κ1) is 49.7. The van der Waals surface area contributed by atoms with E-state index < -0.39 is 0 Å². The van der Waals surface area contributed by atoms with Crippen molar-refractivity contribution in [3.63, 3.8) is 0 Å². The zero-order valence-corrected chi connectivity index (χ0v) is 31.0. The van der Waals surface area contributed by atoms with Crippen LogP contribution in [0.5, 0.6) is 0 Å². The van der Waals surface area contributed by atoms with E-state index in [1.807, 2.05) is 39.0 Å². The van der Waals surface area contributed by atoms with Crippen LogP contribution >= 0.6 is 23.2 Å². The molecule has 0 radical (unpaired) electrons. The Balaban J connectivity index is -0.000000158. The molecule has 0 aliphatic rings. The van der Waals surface area contributed by atoms with Crippen molar-refractivity contribution in [2.24, 2.45) is 4.99 Å². The number of aliphatic hydroxyl groups is 1. The van der Waals surface area contributed by atoms with E-state index in [-0.39, 0.29) is 0 Å². The molecule has 1 aromatic rings. The second kappa shape index (κ2) is 39.1. The Bertz CT molecular complexity index is 882. The van der Waals surface area contributed by atoms with Gasteiger partial charge in [-0.05, 0) is 75.4 Å². The third-order valence-corrected chi connectivity index (χ3v) is 6.18. The highest BCUT2D eigenvalue weighted by molar-refractivity contribution is 6.31. The first-order valence-corrected chi connectivity index (χ1v) is 16.3. The van der Waals surface area contributed by atoms with Crippen LogP contribution in [-0.4, -0.2) is 24.2 Å². The lowest BCUT2D eigenvalue weighted by molar-refractivity contribution is -0.104. The molecule has 1 N–H and O–H groups in total. The Morgan fingerprint density at radius 3 is 1.64 bits per heavy atom. The second-order valence-electron chi connectivity index (χ2n) is 9.20. The van der Waals surface area contributed by atoms with E-state index in [0.717, 1.165) is 48.2 Å². The van der Waals surface area contributed by atoms with Gasteiger partial charge in [-0.25, -0.2) is 0 Å². The Hall–Kier alpha value is -1.94. The van der Waals surface area contributed by atoms with Crippen LogP contribution in [0.4, 0.5) is 0 Å². The van der Waals surface area contributed by atoms with Crippen LogP contribution in [0, 0.1) is 6.92 Å². The molecule has 244 valence electrons. The molecule has 0 fully saturated rings. The lowest BCUT2D eigenvalue weighted by Gasteiger charge is -2.05. The van der Waals surface area contributed by atoms with Gasteiger partial charge in [0.2, 0.25) is 0 Å². The minimum absolute atomic E-state index is 0.562. The molecule has 0 saturated heterocycles. The third kappa shape index (κ3) is 32.6. The molecule has 0 saturated carbocycles. The fourth-order valence-corrected chi connectivity index (χ4v) is 2.72. The molecule has 0 aliphatic carbocycles. The Morgan fingerprint density at radius 1 is 0.905 bits per heavy atom. The normalized spacial score (nSPS) is 11.2. The predicted octanol–water partition coefficient (Wildman–Crippen LogP) is 12.8. The lowest BCUT2D eigenvalue weighted by atomic mass is 10.1. The van der Waals surface area contributed by atoms with Crippen molar-refractivity contribution in [1.82, 2.24) is 0 Å². The number of carbonyl (C=O) groups excluding carboxylic acids is 1. The Morgan fingerprint density at radius 2 is 1.36 bits per heavy atom. The van der Waals surface area contributed by atoms with Crippen molar-refractivity contribution in [1.29, 1.82) is 0 Å². The molecule has 0 amide bonds. The number of halogens is 2. The van der Waals surface area contributed by atoms with Crippen molar-refractivity contribution in [3.8, 4) is 0 Å². The van der Waals surface area contributed by atoms with E-state index in [1.54, 1.807) is 19.1 Å². The summed E-state index contributed by atoms with van der Waals surface area (Å²) >= 11 is 11.7. The van der Waals surface area contributed by atoms with E-state index in [1.165, 1.54) is 49.7 Å². The molecule has 0 aliphatic heterocycles. The fraction of sp³-hybridized carbons (Fsp3) is 0.568. The monoisotopic (exact) mass is 625 g/mol. The number of aldehydes is 1. The molecule has 5 heteroatoms. The van der Waals surface area contributed by atoms with E-state index in [0.29, 0.717) is 10.6 Å². The van der Waals surface area contributed by atoms with E-state index >= 15 is 0 Å². The SMILES string of the molecule is C=C\C(Cl)=C/C(=C\C)C(/C)=N/C(CC)=C(\C)C=O.CCCC.CCCC.CCCC.CCc1cc(Cl)ccc1C.CO. The highest BCUT2D eigenvalue weighted by Gasteiger charge is 2.02. The molecular weight excluding hydrogens is 561 g/mol. The summed E-state index contributed by atoms with van der Waals surface area (Å²) < 4.78 is 0. The van der Waals surface area contributed by atoms with Gasteiger partial charge in [-0.2, -0.15) is 0 Å². The summed E-state index contributed by atoms with van der Waals surface area (Å²) in [6.45, 7) is 28.5. The van der Waals surface area contributed by atoms with Crippen LogP contribution in [0.1, 0.15) is 132 Å². The average Bonchev–Trinajstić information content (AvgIpc) is 3.04. The van der Waals surface area contributed by atoms with Crippen molar-refractivity contribution in [2.45, 2.75) is 134 Å². The summed E-state index contributed by atoms with van der Waals surface area (Å²) in [7, 11) is 1.00. The van der Waals surface area contributed by atoms with Crippen LogP contribution < -0.4 is 0 Å². The number of hydrogen-bond acceptors (Lipinski definition) is 3. The summed E-state index contributed by atoms with van der Waals surface area (Å²) in [4.78, 5) is 15.2. The van der Waals surface area contributed by atoms with E-state index in [4.69, 9.17) is 28.3 Å². The second-order valence-corrected chi connectivity index (χ2v) is 10.1. The number of aliphatic hydroxyl groups excluding tert-OH is 1. The van der Waals surface area contributed by atoms with Gasteiger partial charge in [-0.1, -0.05) is 142 Å². The number of hydrogen-bond donors (Lipinski definition) is 1. The van der Waals surface area contributed by atoms with Gasteiger partial charge in [-0.3, -0.25) is 9.79 Å². The molecular formula is C37H65Cl2NO2. The predicted molar refractivity (Wildman–Crippen MR) is 196 cm³/mol.